The number of aliphatic hydroxyl groups excluding tert-OH is 1. The molecule has 1 aliphatic carbocycles. The van der Waals surface area contributed by atoms with E-state index in [2.05, 4.69) is 34.7 Å². The summed E-state index contributed by atoms with van der Waals surface area (Å²) in [6.45, 7) is 7.97. The van der Waals surface area contributed by atoms with Gasteiger partial charge >= 0.3 is 12.1 Å². The molecule has 354 valence electrons. The standard InChI is InChI=1S/C50H59N7O8S2/c1-32(2)28-56(67(64,65)37-21-19-35(20-22-37)27-51-63)30-45(58)43(25-34-13-7-6-8-14-34)53-47(59)46(33(3)4)57-24-23-55(49(57)60)29-36-31-66-48(52-36)44(54(5)50(61)62)26-42-40-17-11-9-15-38(40)39-16-10-12-18-41(39)42/h6-22,27,31-33,42-46,58,63H,23-26,28-30H2,1-5H3,(H,53,59)(H,61,62)/b51-27+/t43-,44?,45+,46-/m0/s1. The second-order valence-corrected chi connectivity index (χ2v) is 20.9. The van der Waals surface area contributed by atoms with E-state index >= 15 is 0 Å². The van der Waals surface area contributed by atoms with Gasteiger partial charge < -0.3 is 35.4 Å². The Hall–Kier alpha value is -6.14. The number of aliphatic hydroxyl groups is 1. The van der Waals surface area contributed by atoms with Crippen molar-refractivity contribution in [2.45, 2.75) is 82.1 Å². The minimum Gasteiger partial charge on any atom is -0.465 e. The third kappa shape index (κ3) is 11.0. The van der Waals surface area contributed by atoms with Crippen molar-refractivity contribution < 1.29 is 38.2 Å². The van der Waals surface area contributed by atoms with Crippen LogP contribution >= 0.6 is 11.3 Å². The first-order chi connectivity index (χ1) is 32.1. The number of benzene rings is 4. The number of carboxylic acid groups (broad SMARTS) is 1. The van der Waals surface area contributed by atoms with E-state index in [-0.39, 0.29) is 61.3 Å². The zero-order valence-electron chi connectivity index (χ0n) is 38.3. The van der Waals surface area contributed by atoms with E-state index in [1.807, 2.05) is 87.7 Å². The van der Waals surface area contributed by atoms with Gasteiger partial charge in [-0.3, -0.25) is 4.79 Å². The van der Waals surface area contributed by atoms with Gasteiger partial charge in [-0.15, -0.1) is 11.3 Å². The molecule has 4 atom stereocenters. The number of oxime groups is 1. The monoisotopic (exact) mass is 949 g/mol. The summed E-state index contributed by atoms with van der Waals surface area (Å²) in [5.41, 5.74) is 6.50. The first kappa shape index (κ1) is 48.8. The van der Waals surface area contributed by atoms with E-state index in [9.17, 15) is 33.0 Å². The molecular formula is C50H59N7O8S2. The maximum absolute atomic E-state index is 14.5. The summed E-state index contributed by atoms with van der Waals surface area (Å²) in [7, 11) is -2.56. The van der Waals surface area contributed by atoms with Gasteiger partial charge in [0, 0.05) is 44.5 Å². The highest BCUT2D eigenvalue weighted by molar-refractivity contribution is 7.89. The topological polar surface area (TPSA) is 196 Å². The van der Waals surface area contributed by atoms with Crippen LogP contribution in [0, 0.1) is 11.8 Å². The number of hydrogen-bond acceptors (Lipinski definition) is 10. The van der Waals surface area contributed by atoms with Crippen LogP contribution in [0.3, 0.4) is 0 Å². The Morgan fingerprint density at radius 2 is 1.54 bits per heavy atom. The van der Waals surface area contributed by atoms with Crippen molar-refractivity contribution in [2.75, 3.05) is 33.2 Å². The molecule has 1 aliphatic heterocycles. The second-order valence-electron chi connectivity index (χ2n) is 18.0. The largest absolute Gasteiger partial charge is 0.465 e. The Balaban J connectivity index is 1.07. The molecule has 15 nitrogen and oxygen atoms in total. The molecule has 0 radical (unpaired) electrons. The minimum absolute atomic E-state index is 0.00117. The van der Waals surface area contributed by atoms with Crippen LogP contribution < -0.4 is 5.32 Å². The Morgan fingerprint density at radius 1 is 0.910 bits per heavy atom. The van der Waals surface area contributed by atoms with Crippen molar-refractivity contribution >= 4 is 45.6 Å². The number of amides is 4. The van der Waals surface area contributed by atoms with Gasteiger partial charge in [0.1, 0.15) is 11.0 Å². The molecule has 4 aromatic carbocycles. The van der Waals surface area contributed by atoms with Gasteiger partial charge in [0.25, 0.3) is 0 Å². The molecule has 0 spiro atoms. The molecule has 1 fully saturated rings. The zero-order chi connectivity index (χ0) is 48.0. The molecule has 0 saturated carbocycles. The summed E-state index contributed by atoms with van der Waals surface area (Å²) in [6, 6.07) is 28.8. The number of nitrogens with one attached hydrogen (secondary N) is 1. The van der Waals surface area contributed by atoms with Crippen LogP contribution in [-0.2, 0) is 27.8 Å². The van der Waals surface area contributed by atoms with Crippen molar-refractivity contribution in [3.05, 3.63) is 141 Å². The lowest BCUT2D eigenvalue weighted by Gasteiger charge is -2.34. The predicted molar refractivity (Wildman–Crippen MR) is 258 cm³/mol. The van der Waals surface area contributed by atoms with Crippen molar-refractivity contribution in [2.24, 2.45) is 17.0 Å². The zero-order valence-corrected chi connectivity index (χ0v) is 40.0. The minimum atomic E-state index is -4.12. The fourth-order valence-electron chi connectivity index (χ4n) is 9.22. The highest BCUT2D eigenvalue weighted by Gasteiger charge is 2.41. The number of carbonyl (C=O) groups is 3. The summed E-state index contributed by atoms with van der Waals surface area (Å²) in [4.78, 5) is 50.6. The highest BCUT2D eigenvalue weighted by atomic mass is 32.2. The average Bonchev–Trinajstić information content (AvgIpc) is 4.01. The molecule has 2 aliphatic rings. The molecule has 5 aromatic rings. The lowest BCUT2D eigenvalue weighted by Crippen LogP contribution is -2.57. The maximum Gasteiger partial charge on any atom is 0.407 e. The van der Waals surface area contributed by atoms with Crippen LogP contribution in [0.2, 0.25) is 0 Å². The van der Waals surface area contributed by atoms with Gasteiger partial charge in [0.2, 0.25) is 15.9 Å². The molecular weight excluding hydrogens is 891 g/mol. The van der Waals surface area contributed by atoms with Crippen LogP contribution in [0.1, 0.15) is 79.0 Å². The van der Waals surface area contributed by atoms with Crippen molar-refractivity contribution in [3.8, 4) is 11.1 Å². The molecule has 17 heteroatoms. The van der Waals surface area contributed by atoms with E-state index in [1.54, 1.807) is 11.9 Å². The Kier molecular flexibility index (Phi) is 15.5. The number of thiazole rings is 1. The molecule has 1 aromatic heterocycles. The van der Waals surface area contributed by atoms with E-state index in [0.29, 0.717) is 29.2 Å². The third-order valence-electron chi connectivity index (χ3n) is 12.5. The first-order valence-corrected chi connectivity index (χ1v) is 24.8. The summed E-state index contributed by atoms with van der Waals surface area (Å²) in [5, 5.41) is 39.6. The van der Waals surface area contributed by atoms with Gasteiger partial charge in [0.05, 0.1) is 41.5 Å². The summed E-state index contributed by atoms with van der Waals surface area (Å²) < 4.78 is 29.3. The lowest BCUT2D eigenvalue weighted by atomic mass is 9.90. The average molecular weight is 950 g/mol. The Labute approximate surface area is 396 Å². The van der Waals surface area contributed by atoms with Gasteiger partial charge in [0.15, 0.2) is 0 Å². The van der Waals surface area contributed by atoms with Crippen LogP contribution in [0.15, 0.2) is 119 Å². The summed E-state index contributed by atoms with van der Waals surface area (Å²) in [5.74, 6) is -0.956. The molecule has 1 unspecified atom stereocenters. The molecule has 67 heavy (non-hydrogen) atoms. The molecule has 1 saturated heterocycles. The van der Waals surface area contributed by atoms with Crippen LogP contribution in [0.4, 0.5) is 9.59 Å². The van der Waals surface area contributed by atoms with E-state index in [1.165, 1.54) is 55.9 Å². The number of hydrogen-bond donors (Lipinski definition) is 4. The maximum atomic E-state index is 14.5. The quantitative estimate of drug-likeness (QED) is 0.0347. The van der Waals surface area contributed by atoms with Crippen molar-refractivity contribution in [3.63, 3.8) is 0 Å². The SMILES string of the molecule is CC(C)CN(C[C@@H](O)[C@H](Cc1ccccc1)NC(=O)[C@H](C(C)C)N1CCN(Cc2csc(C(CC3c4ccccc4-c4ccccc43)N(C)C(=O)O)n2)C1=O)S(=O)(=O)c1ccc(/C=N/O)cc1. The van der Waals surface area contributed by atoms with Crippen molar-refractivity contribution in [1.29, 1.82) is 0 Å². The van der Waals surface area contributed by atoms with E-state index < -0.39 is 46.3 Å². The fourth-order valence-corrected chi connectivity index (χ4v) is 11.8. The number of carbonyl (C=O) groups excluding carboxylic acids is 2. The highest BCUT2D eigenvalue weighted by Crippen LogP contribution is 2.49. The Bertz CT molecular complexity index is 2610. The summed E-state index contributed by atoms with van der Waals surface area (Å²) in [6.07, 6.45) is -0.565. The lowest BCUT2D eigenvalue weighted by molar-refractivity contribution is -0.128. The van der Waals surface area contributed by atoms with Crippen LogP contribution in [-0.4, -0.2) is 123 Å². The number of urea groups is 1. The van der Waals surface area contributed by atoms with Crippen LogP contribution in [0.25, 0.3) is 11.1 Å². The fraction of sp³-hybridized carbons (Fsp3) is 0.380. The van der Waals surface area contributed by atoms with Crippen molar-refractivity contribution in [1.82, 2.24) is 29.3 Å². The third-order valence-corrected chi connectivity index (χ3v) is 15.4. The van der Waals surface area contributed by atoms with E-state index in [0.717, 1.165) is 27.8 Å². The number of aromatic nitrogens is 1. The number of rotatable bonds is 20. The molecule has 0 bridgehead atoms. The van der Waals surface area contributed by atoms with Gasteiger partial charge in [-0.05, 0) is 70.2 Å². The second kappa shape index (κ2) is 21.2. The van der Waals surface area contributed by atoms with Gasteiger partial charge in [-0.25, -0.2) is 23.0 Å². The van der Waals surface area contributed by atoms with Gasteiger partial charge in [-0.2, -0.15) is 4.31 Å². The normalized spacial score (nSPS) is 15.9. The molecule has 4 amide bonds. The number of nitrogens with zero attached hydrogens (tertiary/aromatic N) is 6. The molecule has 4 N–H and O–H groups in total. The van der Waals surface area contributed by atoms with Crippen LogP contribution in [0.5, 0.6) is 0 Å². The summed E-state index contributed by atoms with van der Waals surface area (Å²) >= 11 is 1.36. The number of fused-ring (bicyclic) bond motifs is 3. The first-order valence-electron chi connectivity index (χ1n) is 22.5. The number of sulfonamides is 1. The predicted octanol–water partition coefficient (Wildman–Crippen LogP) is 7.50. The van der Waals surface area contributed by atoms with E-state index in [4.69, 9.17) is 10.2 Å². The molecule has 2 heterocycles. The molecule has 7 rings (SSSR count). The Morgan fingerprint density at radius 3 is 2.13 bits per heavy atom. The smallest absolute Gasteiger partial charge is 0.407 e. The van der Waals surface area contributed by atoms with Gasteiger partial charge in [-0.1, -0.05) is 124 Å².